The molecule has 0 aliphatic rings. The maximum Gasteiger partial charge on any atom is 0.137 e. The van der Waals surface area contributed by atoms with E-state index < -0.39 is 0 Å². The summed E-state index contributed by atoms with van der Waals surface area (Å²) in [6.45, 7) is 2.73. The molecule has 0 aliphatic carbocycles. The van der Waals surface area contributed by atoms with Gasteiger partial charge in [-0.05, 0) is 26.1 Å². The number of nitrogens with one attached hydrogen (secondary N) is 1. The van der Waals surface area contributed by atoms with Crippen LogP contribution < -0.4 is 10.1 Å². The van der Waals surface area contributed by atoms with E-state index in [4.69, 9.17) is 10.00 Å². The zero-order valence-corrected chi connectivity index (χ0v) is 8.45. The smallest absolute Gasteiger partial charge is 0.137 e. The van der Waals surface area contributed by atoms with Crippen molar-refractivity contribution < 1.29 is 4.74 Å². The molecule has 1 rings (SSSR count). The number of para-hydroxylation sites is 1. The fourth-order valence-electron chi connectivity index (χ4n) is 1.21. The standard InChI is InChI=1S/C11H14N2O/c1-9(8-13-2)14-11-6-4-3-5-10(11)7-12/h3-6,9,13H,8H2,1-2H3. The first-order chi connectivity index (χ1) is 6.77. The van der Waals surface area contributed by atoms with Crippen molar-refractivity contribution in [3.05, 3.63) is 29.8 Å². The summed E-state index contributed by atoms with van der Waals surface area (Å²) in [7, 11) is 1.87. The lowest BCUT2D eigenvalue weighted by atomic mass is 10.2. The van der Waals surface area contributed by atoms with Crippen molar-refractivity contribution in [1.29, 1.82) is 5.26 Å². The monoisotopic (exact) mass is 190 g/mol. The topological polar surface area (TPSA) is 45.0 Å². The molecular formula is C11H14N2O. The molecule has 0 bridgehead atoms. The second-order valence-corrected chi connectivity index (χ2v) is 3.09. The lowest BCUT2D eigenvalue weighted by molar-refractivity contribution is 0.220. The Morgan fingerprint density at radius 1 is 1.50 bits per heavy atom. The highest BCUT2D eigenvalue weighted by Gasteiger charge is 2.06. The molecule has 1 unspecified atom stereocenters. The molecule has 1 N–H and O–H groups in total. The predicted octanol–water partition coefficient (Wildman–Crippen LogP) is 1.54. The van der Waals surface area contributed by atoms with Gasteiger partial charge in [0.25, 0.3) is 0 Å². The Balaban J connectivity index is 2.71. The van der Waals surface area contributed by atoms with Gasteiger partial charge >= 0.3 is 0 Å². The summed E-state index contributed by atoms with van der Waals surface area (Å²) in [6.07, 6.45) is 0.0644. The van der Waals surface area contributed by atoms with Crippen molar-refractivity contribution in [2.75, 3.05) is 13.6 Å². The molecule has 0 saturated carbocycles. The minimum absolute atomic E-state index is 0.0644. The molecule has 0 amide bonds. The van der Waals surface area contributed by atoms with E-state index in [1.165, 1.54) is 0 Å². The molecular weight excluding hydrogens is 176 g/mol. The zero-order chi connectivity index (χ0) is 10.4. The second kappa shape index (κ2) is 5.25. The van der Waals surface area contributed by atoms with Crippen LogP contribution in [0, 0.1) is 11.3 Å². The average Bonchev–Trinajstić information content (AvgIpc) is 2.19. The van der Waals surface area contributed by atoms with Gasteiger partial charge < -0.3 is 10.1 Å². The number of ether oxygens (including phenoxy) is 1. The lowest BCUT2D eigenvalue weighted by Gasteiger charge is -2.14. The Kier molecular flexibility index (Phi) is 3.96. The predicted molar refractivity (Wildman–Crippen MR) is 55.2 cm³/mol. The number of hydrogen-bond acceptors (Lipinski definition) is 3. The number of hydrogen-bond donors (Lipinski definition) is 1. The van der Waals surface area contributed by atoms with Gasteiger partial charge in [0, 0.05) is 6.54 Å². The van der Waals surface area contributed by atoms with E-state index in [0.29, 0.717) is 11.3 Å². The van der Waals surface area contributed by atoms with Crippen molar-refractivity contribution in [3.8, 4) is 11.8 Å². The van der Waals surface area contributed by atoms with Crippen molar-refractivity contribution in [3.63, 3.8) is 0 Å². The van der Waals surface area contributed by atoms with E-state index >= 15 is 0 Å². The molecule has 3 heteroatoms. The van der Waals surface area contributed by atoms with E-state index in [-0.39, 0.29) is 6.10 Å². The highest BCUT2D eigenvalue weighted by molar-refractivity contribution is 5.42. The number of nitrogens with zero attached hydrogens (tertiary/aromatic N) is 1. The normalized spacial score (nSPS) is 11.8. The summed E-state index contributed by atoms with van der Waals surface area (Å²) in [5.41, 5.74) is 0.579. The van der Waals surface area contributed by atoms with Gasteiger partial charge in [-0.1, -0.05) is 12.1 Å². The fraction of sp³-hybridized carbons (Fsp3) is 0.364. The minimum Gasteiger partial charge on any atom is -0.488 e. The van der Waals surface area contributed by atoms with Crippen LogP contribution in [0.1, 0.15) is 12.5 Å². The Morgan fingerprint density at radius 3 is 2.86 bits per heavy atom. The summed E-state index contributed by atoms with van der Waals surface area (Å²) in [5, 5.41) is 11.8. The largest absolute Gasteiger partial charge is 0.488 e. The average molecular weight is 190 g/mol. The van der Waals surface area contributed by atoms with E-state index in [1.54, 1.807) is 6.07 Å². The van der Waals surface area contributed by atoms with Gasteiger partial charge in [-0.25, -0.2) is 0 Å². The van der Waals surface area contributed by atoms with Crippen molar-refractivity contribution in [2.45, 2.75) is 13.0 Å². The molecule has 0 aromatic heterocycles. The summed E-state index contributed by atoms with van der Waals surface area (Å²) in [4.78, 5) is 0. The Labute approximate surface area is 84.3 Å². The van der Waals surface area contributed by atoms with Crippen molar-refractivity contribution in [2.24, 2.45) is 0 Å². The van der Waals surface area contributed by atoms with Gasteiger partial charge in [0.15, 0.2) is 0 Å². The van der Waals surface area contributed by atoms with E-state index in [0.717, 1.165) is 6.54 Å². The van der Waals surface area contributed by atoms with Crippen molar-refractivity contribution >= 4 is 0 Å². The number of likely N-dealkylation sites (N-methyl/N-ethyl adjacent to an activating group) is 1. The zero-order valence-electron chi connectivity index (χ0n) is 8.45. The second-order valence-electron chi connectivity index (χ2n) is 3.09. The third-order valence-corrected chi connectivity index (χ3v) is 1.83. The molecule has 1 atom stereocenters. The highest BCUT2D eigenvalue weighted by atomic mass is 16.5. The van der Waals surface area contributed by atoms with Crippen LogP contribution in [0.3, 0.4) is 0 Å². The Morgan fingerprint density at radius 2 is 2.21 bits per heavy atom. The molecule has 1 aromatic rings. The summed E-state index contributed by atoms with van der Waals surface area (Å²) >= 11 is 0. The van der Waals surface area contributed by atoms with E-state index in [2.05, 4.69) is 11.4 Å². The molecule has 0 saturated heterocycles. The van der Waals surface area contributed by atoms with Crippen LogP contribution in [0.4, 0.5) is 0 Å². The van der Waals surface area contributed by atoms with Crippen LogP contribution in [-0.4, -0.2) is 19.7 Å². The highest BCUT2D eigenvalue weighted by Crippen LogP contribution is 2.17. The summed E-state index contributed by atoms with van der Waals surface area (Å²) < 4.78 is 5.59. The first-order valence-corrected chi connectivity index (χ1v) is 4.58. The molecule has 14 heavy (non-hydrogen) atoms. The molecule has 74 valence electrons. The summed E-state index contributed by atoms with van der Waals surface area (Å²) in [6, 6.07) is 9.35. The molecule has 0 aliphatic heterocycles. The van der Waals surface area contributed by atoms with E-state index in [1.807, 2.05) is 32.2 Å². The minimum atomic E-state index is 0.0644. The number of nitriles is 1. The summed E-state index contributed by atoms with van der Waals surface area (Å²) in [5.74, 6) is 0.651. The molecule has 0 fully saturated rings. The fourth-order valence-corrected chi connectivity index (χ4v) is 1.21. The van der Waals surface area contributed by atoms with Crippen molar-refractivity contribution in [1.82, 2.24) is 5.32 Å². The molecule has 1 aromatic carbocycles. The van der Waals surface area contributed by atoms with Crippen LogP contribution in [0.25, 0.3) is 0 Å². The maximum atomic E-state index is 8.82. The van der Waals surface area contributed by atoms with Crippen LogP contribution in [-0.2, 0) is 0 Å². The SMILES string of the molecule is CNCC(C)Oc1ccccc1C#N. The number of rotatable bonds is 4. The molecule has 0 spiro atoms. The van der Waals surface area contributed by atoms with Crippen LogP contribution in [0.2, 0.25) is 0 Å². The van der Waals surface area contributed by atoms with Crippen LogP contribution >= 0.6 is 0 Å². The molecule has 0 radical (unpaired) electrons. The Bertz CT molecular complexity index is 330. The van der Waals surface area contributed by atoms with Gasteiger partial charge in [0.2, 0.25) is 0 Å². The Hall–Kier alpha value is -1.53. The van der Waals surface area contributed by atoms with Gasteiger partial charge in [0.05, 0.1) is 5.56 Å². The van der Waals surface area contributed by atoms with Gasteiger partial charge in [-0.3, -0.25) is 0 Å². The molecule has 0 heterocycles. The molecule has 3 nitrogen and oxygen atoms in total. The lowest BCUT2D eigenvalue weighted by Crippen LogP contribution is -2.26. The third-order valence-electron chi connectivity index (χ3n) is 1.83. The first kappa shape index (κ1) is 10.6. The number of benzene rings is 1. The third kappa shape index (κ3) is 2.75. The first-order valence-electron chi connectivity index (χ1n) is 4.58. The maximum absolute atomic E-state index is 8.82. The quantitative estimate of drug-likeness (QED) is 0.783. The van der Waals surface area contributed by atoms with Gasteiger partial charge in [-0.15, -0.1) is 0 Å². The van der Waals surface area contributed by atoms with Crippen LogP contribution in [0.5, 0.6) is 5.75 Å². The van der Waals surface area contributed by atoms with E-state index in [9.17, 15) is 0 Å². The van der Waals surface area contributed by atoms with Gasteiger partial charge in [-0.2, -0.15) is 5.26 Å². The van der Waals surface area contributed by atoms with Crippen LogP contribution in [0.15, 0.2) is 24.3 Å². The van der Waals surface area contributed by atoms with Gasteiger partial charge in [0.1, 0.15) is 17.9 Å².